The predicted octanol–water partition coefficient (Wildman–Crippen LogP) is 2.25. The van der Waals surface area contributed by atoms with Crippen LogP contribution in [0.2, 0.25) is 0 Å². The number of hydrogen-bond donors (Lipinski definition) is 0. The van der Waals surface area contributed by atoms with Crippen molar-refractivity contribution >= 4 is 12.6 Å². The molecule has 0 saturated carbocycles. The van der Waals surface area contributed by atoms with Crippen molar-refractivity contribution in [3.8, 4) is 0 Å². The van der Waals surface area contributed by atoms with Crippen LogP contribution in [0.5, 0.6) is 0 Å². The van der Waals surface area contributed by atoms with Gasteiger partial charge in [0.15, 0.2) is 0 Å². The van der Waals surface area contributed by atoms with Gasteiger partial charge in [-0.1, -0.05) is 6.92 Å². The lowest BCUT2D eigenvalue weighted by atomic mass is 9.76. The first-order valence-electron chi connectivity index (χ1n) is 6.57. The van der Waals surface area contributed by atoms with Gasteiger partial charge in [0.2, 0.25) is 0 Å². The maximum Gasteiger partial charge on any atom is 0.496 e. The van der Waals surface area contributed by atoms with Gasteiger partial charge in [0.25, 0.3) is 0 Å². The van der Waals surface area contributed by atoms with Crippen LogP contribution in [0.3, 0.4) is 0 Å². The Kier molecular flexibility index (Phi) is 3.28. The van der Waals surface area contributed by atoms with Gasteiger partial charge in [-0.05, 0) is 52.2 Å². The Bertz CT molecular complexity index is 441. The van der Waals surface area contributed by atoms with Crippen LogP contribution >= 0.6 is 0 Å². The molecular formula is C14H22BNO2. The Morgan fingerprint density at radius 2 is 1.67 bits per heavy atom. The lowest BCUT2D eigenvalue weighted by Crippen LogP contribution is -2.41. The first-order valence-corrected chi connectivity index (χ1v) is 6.57. The minimum absolute atomic E-state index is 0.299. The fraction of sp³-hybridized carbons (Fsp3) is 0.643. The summed E-state index contributed by atoms with van der Waals surface area (Å²) in [5.74, 6) is 0. The maximum absolute atomic E-state index is 6.07. The molecule has 0 radical (unpaired) electrons. The Morgan fingerprint density at radius 3 is 2.17 bits per heavy atom. The second-order valence-corrected chi connectivity index (χ2v) is 5.95. The lowest BCUT2D eigenvalue weighted by Gasteiger charge is -2.32. The van der Waals surface area contributed by atoms with Crippen molar-refractivity contribution in [1.29, 1.82) is 0 Å². The number of aromatic nitrogens is 1. The topological polar surface area (TPSA) is 31.4 Å². The molecule has 0 unspecified atom stereocenters. The van der Waals surface area contributed by atoms with Crippen LogP contribution in [-0.4, -0.2) is 23.3 Å². The zero-order chi connectivity index (χ0) is 13.6. The SMILES string of the molecule is CCc1cncc(B2OC(C)(C)C(C)(C)O2)c1C. The van der Waals surface area contributed by atoms with Gasteiger partial charge < -0.3 is 9.31 Å². The molecule has 2 rings (SSSR count). The number of hydrogen-bond acceptors (Lipinski definition) is 3. The third kappa shape index (κ3) is 2.08. The third-order valence-corrected chi connectivity index (χ3v) is 4.25. The Morgan fingerprint density at radius 1 is 1.11 bits per heavy atom. The summed E-state index contributed by atoms with van der Waals surface area (Å²) in [5.41, 5.74) is 2.93. The quantitative estimate of drug-likeness (QED) is 0.751. The number of rotatable bonds is 2. The lowest BCUT2D eigenvalue weighted by molar-refractivity contribution is 0.00578. The fourth-order valence-corrected chi connectivity index (χ4v) is 2.15. The van der Waals surface area contributed by atoms with Crippen LogP contribution in [0.1, 0.15) is 45.7 Å². The second kappa shape index (κ2) is 4.35. The van der Waals surface area contributed by atoms with Crippen molar-refractivity contribution in [1.82, 2.24) is 4.98 Å². The molecule has 0 aliphatic carbocycles. The van der Waals surface area contributed by atoms with Gasteiger partial charge in [-0.15, -0.1) is 0 Å². The maximum atomic E-state index is 6.07. The first kappa shape index (κ1) is 13.6. The van der Waals surface area contributed by atoms with E-state index in [4.69, 9.17) is 9.31 Å². The molecular weight excluding hydrogens is 225 g/mol. The zero-order valence-electron chi connectivity index (χ0n) is 12.2. The fourth-order valence-electron chi connectivity index (χ4n) is 2.15. The minimum atomic E-state index is -0.311. The molecule has 1 aliphatic rings. The van der Waals surface area contributed by atoms with E-state index in [1.54, 1.807) is 0 Å². The molecule has 1 aromatic rings. The predicted molar refractivity (Wildman–Crippen MR) is 74.1 cm³/mol. The molecule has 2 heterocycles. The zero-order valence-corrected chi connectivity index (χ0v) is 12.2. The smallest absolute Gasteiger partial charge is 0.399 e. The molecule has 0 aromatic carbocycles. The Hall–Kier alpha value is -0.865. The van der Waals surface area contributed by atoms with Crippen molar-refractivity contribution in [2.75, 3.05) is 0 Å². The van der Waals surface area contributed by atoms with Crippen molar-refractivity contribution in [3.63, 3.8) is 0 Å². The van der Waals surface area contributed by atoms with E-state index in [1.165, 1.54) is 11.1 Å². The molecule has 0 N–H and O–H groups in total. The second-order valence-electron chi connectivity index (χ2n) is 5.95. The molecule has 1 saturated heterocycles. The molecule has 1 aromatic heterocycles. The first-order chi connectivity index (χ1) is 8.28. The summed E-state index contributed by atoms with van der Waals surface area (Å²) in [7, 11) is -0.311. The molecule has 18 heavy (non-hydrogen) atoms. The van der Waals surface area contributed by atoms with Gasteiger partial charge in [-0.2, -0.15) is 0 Å². The van der Waals surface area contributed by atoms with E-state index < -0.39 is 0 Å². The van der Waals surface area contributed by atoms with E-state index in [0.29, 0.717) is 0 Å². The van der Waals surface area contributed by atoms with Gasteiger partial charge in [-0.25, -0.2) is 0 Å². The largest absolute Gasteiger partial charge is 0.496 e. The number of aryl methyl sites for hydroxylation is 1. The standard InChI is InChI=1S/C14H22BNO2/c1-7-11-8-16-9-12(10(11)2)15-17-13(3,4)14(5,6)18-15/h8-9H,7H2,1-6H3. The molecule has 0 atom stereocenters. The van der Waals surface area contributed by atoms with Crippen LogP contribution < -0.4 is 5.46 Å². The molecule has 1 fully saturated rings. The summed E-state index contributed by atoms with van der Waals surface area (Å²) in [5, 5.41) is 0. The van der Waals surface area contributed by atoms with Crippen molar-refractivity contribution in [3.05, 3.63) is 23.5 Å². The van der Waals surface area contributed by atoms with E-state index in [-0.39, 0.29) is 18.3 Å². The van der Waals surface area contributed by atoms with Crippen LogP contribution in [0.4, 0.5) is 0 Å². The van der Waals surface area contributed by atoms with E-state index in [2.05, 4.69) is 46.5 Å². The number of pyridine rings is 1. The van der Waals surface area contributed by atoms with Crippen LogP contribution in [0.15, 0.2) is 12.4 Å². The summed E-state index contributed by atoms with van der Waals surface area (Å²) in [6.07, 6.45) is 4.76. The minimum Gasteiger partial charge on any atom is -0.399 e. The van der Waals surface area contributed by atoms with Gasteiger partial charge >= 0.3 is 7.12 Å². The van der Waals surface area contributed by atoms with Gasteiger partial charge in [0.05, 0.1) is 11.2 Å². The van der Waals surface area contributed by atoms with Crippen LogP contribution in [0, 0.1) is 6.92 Å². The Labute approximate surface area is 110 Å². The molecule has 0 amide bonds. The summed E-state index contributed by atoms with van der Waals surface area (Å²) >= 11 is 0. The molecule has 0 bridgehead atoms. The van der Waals surface area contributed by atoms with Crippen molar-refractivity contribution in [2.45, 2.75) is 59.2 Å². The number of nitrogens with zero attached hydrogens (tertiary/aromatic N) is 1. The van der Waals surface area contributed by atoms with Gasteiger partial charge in [0, 0.05) is 17.9 Å². The summed E-state index contributed by atoms with van der Waals surface area (Å²) in [6, 6.07) is 0. The summed E-state index contributed by atoms with van der Waals surface area (Å²) < 4.78 is 12.1. The normalized spacial score (nSPS) is 21.3. The highest BCUT2D eigenvalue weighted by Gasteiger charge is 2.52. The van der Waals surface area contributed by atoms with Crippen LogP contribution in [-0.2, 0) is 15.7 Å². The monoisotopic (exact) mass is 247 g/mol. The highest BCUT2D eigenvalue weighted by Crippen LogP contribution is 2.36. The van der Waals surface area contributed by atoms with Gasteiger partial charge in [-0.3, -0.25) is 4.98 Å². The van der Waals surface area contributed by atoms with Gasteiger partial charge in [0.1, 0.15) is 0 Å². The van der Waals surface area contributed by atoms with E-state index in [1.807, 2.05) is 12.4 Å². The average molecular weight is 247 g/mol. The highest BCUT2D eigenvalue weighted by atomic mass is 16.7. The molecule has 98 valence electrons. The Balaban J connectivity index is 2.35. The van der Waals surface area contributed by atoms with Crippen molar-refractivity contribution in [2.24, 2.45) is 0 Å². The average Bonchev–Trinajstić information content (AvgIpc) is 2.48. The molecule has 1 aliphatic heterocycles. The molecule has 3 nitrogen and oxygen atoms in total. The van der Waals surface area contributed by atoms with Crippen molar-refractivity contribution < 1.29 is 9.31 Å². The third-order valence-electron chi connectivity index (χ3n) is 4.25. The molecule has 4 heteroatoms. The van der Waals surface area contributed by atoms with E-state index >= 15 is 0 Å². The van der Waals surface area contributed by atoms with E-state index in [9.17, 15) is 0 Å². The van der Waals surface area contributed by atoms with E-state index in [0.717, 1.165) is 11.9 Å². The summed E-state index contributed by atoms with van der Waals surface area (Å²) in [6.45, 7) is 12.5. The summed E-state index contributed by atoms with van der Waals surface area (Å²) in [4.78, 5) is 4.30. The van der Waals surface area contributed by atoms with Crippen LogP contribution in [0.25, 0.3) is 0 Å². The highest BCUT2D eigenvalue weighted by molar-refractivity contribution is 6.62. The molecule has 0 spiro atoms.